The van der Waals surface area contributed by atoms with E-state index >= 15 is 0 Å². The van der Waals surface area contributed by atoms with Gasteiger partial charge in [-0.2, -0.15) is 0 Å². The topological polar surface area (TPSA) is 9.23 Å². The largest absolute Gasteiger partial charge is 0.496 e. The Labute approximate surface area is 107 Å². The van der Waals surface area contributed by atoms with Crippen LogP contribution in [0, 0.1) is 6.92 Å². The Kier molecular flexibility index (Phi) is 5.61. The normalized spacial score (nSPS) is 11.6. The van der Waals surface area contributed by atoms with Crippen molar-refractivity contribution in [3.8, 4) is 5.75 Å². The first-order valence-corrected chi connectivity index (χ1v) is 6.64. The summed E-state index contributed by atoms with van der Waals surface area (Å²) in [5.41, 5.74) is 3.94. The number of hydrogen-bond donors (Lipinski definition) is 0. The molecule has 1 aromatic carbocycles. The molecule has 88 valence electrons. The highest BCUT2D eigenvalue weighted by atomic mass is 79.9. The molecule has 0 saturated carbocycles. The van der Waals surface area contributed by atoms with Crippen molar-refractivity contribution in [3.05, 3.63) is 41.0 Å². The van der Waals surface area contributed by atoms with E-state index in [-0.39, 0.29) is 0 Å². The van der Waals surface area contributed by atoms with Gasteiger partial charge in [-0.05, 0) is 38.3 Å². The number of allylic oxidation sites excluding steroid dienone is 2. The summed E-state index contributed by atoms with van der Waals surface area (Å²) < 4.78 is 5.37. The van der Waals surface area contributed by atoms with Gasteiger partial charge in [0.15, 0.2) is 0 Å². The van der Waals surface area contributed by atoms with Gasteiger partial charge in [0.05, 0.1) is 7.11 Å². The second-order valence-electron chi connectivity index (χ2n) is 4.02. The number of benzene rings is 1. The molecule has 2 heteroatoms. The summed E-state index contributed by atoms with van der Waals surface area (Å²) in [5, 5.41) is 1.02. The molecule has 0 N–H and O–H groups in total. The van der Waals surface area contributed by atoms with Gasteiger partial charge in [-0.3, -0.25) is 0 Å². The molecule has 1 rings (SSSR count). The first-order valence-electron chi connectivity index (χ1n) is 5.52. The number of hydrogen-bond acceptors (Lipinski definition) is 1. The summed E-state index contributed by atoms with van der Waals surface area (Å²) >= 11 is 3.43. The van der Waals surface area contributed by atoms with Crippen LogP contribution < -0.4 is 4.74 Å². The highest BCUT2D eigenvalue weighted by Gasteiger charge is 2.03. The van der Waals surface area contributed by atoms with Crippen molar-refractivity contribution in [1.29, 1.82) is 0 Å². The third-order valence-electron chi connectivity index (χ3n) is 2.51. The fourth-order valence-corrected chi connectivity index (χ4v) is 1.95. The van der Waals surface area contributed by atoms with Gasteiger partial charge in [0.1, 0.15) is 5.75 Å². The molecule has 0 heterocycles. The van der Waals surface area contributed by atoms with Gasteiger partial charge in [0.2, 0.25) is 0 Å². The van der Waals surface area contributed by atoms with Crippen LogP contribution in [0.4, 0.5) is 0 Å². The van der Waals surface area contributed by atoms with Gasteiger partial charge >= 0.3 is 0 Å². The Morgan fingerprint density at radius 3 is 2.81 bits per heavy atom. The van der Waals surface area contributed by atoms with Gasteiger partial charge in [0, 0.05) is 5.33 Å². The van der Waals surface area contributed by atoms with Crippen LogP contribution in [-0.4, -0.2) is 12.4 Å². The zero-order valence-corrected chi connectivity index (χ0v) is 11.8. The van der Waals surface area contributed by atoms with E-state index in [2.05, 4.69) is 48.0 Å². The lowest BCUT2D eigenvalue weighted by Gasteiger charge is -2.09. The van der Waals surface area contributed by atoms with Crippen LogP contribution in [0.2, 0.25) is 0 Å². The molecule has 0 fully saturated rings. The molecule has 0 spiro atoms. The van der Waals surface area contributed by atoms with Crippen molar-refractivity contribution in [1.82, 2.24) is 0 Å². The molecule has 0 aliphatic carbocycles. The van der Waals surface area contributed by atoms with Crippen molar-refractivity contribution in [3.63, 3.8) is 0 Å². The molecular formula is C14H19BrO. The summed E-state index contributed by atoms with van der Waals surface area (Å²) in [6.07, 6.45) is 4.33. The molecule has 0 aliphatic heterocycles. The first kappa shape index (κ1) is 13.3. The second kappa shape index (κ2) is 6.74. The van der Waals surface area contributed by atoms with Crippen LogP contribution in [0.25, 0.3) is 0 Å². The predicted octanol–water partition coefficient (Wildman–Crippen LogP) is 4.28. The Balaban J connectivity index is 2.82. The molecular weight excluding hydrogens is 264 g/mol. The van der Waals surface area contributed by atoms with E-state index in [1.807, 2.05) is 6.07 Å². The van der Waals surface area contributed by atoms with Gasteiger partial charge < -0.3 is 4.74 Å². The van der Waals surface area contributed by atoms with E-state index in [0.717, 1.165) is 23.9 Å². The summed E-state index contributed by atoms with van der Waals surface area (Å²) in [6.45, 7) is 4.28. The van der Waals surface area contributed by atoms with E-state index in [4.69, 9.17) is 4.74 Å². The van der Waals surface area contributed by atoms with E-state index in [0.29, 0.717) is 0 Å². The van der Waals surface area contributed by atoms with Crippen molar-refractivity contribution in [2.45, 2.75) is 26.7 Å². The van der Waals surface area contributed by atoms with Crippen LogP contribution in [0.5, 0.6) is 5.75 Å². The van der Waals surface area contributed by atoms with Crippen molar-refractivity contribution >= 4 is 15.9 Å². The van der Waals surface area contributed by atoms with Gasteiger partial charge in [-0.25, -0.2) is 0 Å². The van der Waals surface area contributed by atoms with E-state index in [1.54, 1.807) is 7.11 Å². The number of alkyl halides is 1. The van der Waals surface area contributed by atoms with Crippen LogP contribution in [0.3, 0.4) is 0 Å². The fraction of sp³-hybridized carbons (Fsp3) is 0.429. The molecule has 0 radical (unpaired) electrons. The minimum Gasteiger partial charge on any atom is -0.496 e. The van der Waals surface area contributed by atoms with Crippen molar-refractivity contribution < 1.29 is 4.74 Å². The minimum atomic E-state index is 0.970. The fourth-order valence-electron chi connectivity index (χ4n) is 1.72. The number of aryl methyl sites for hydroxylation is 1. The average Bonchev–Trinajstić information content (AvgIpc) is 2.27. The molecule has 1 nitrogen and oxygen atoms in total. The summed E-state index contributed by atoms with van der Waals surface area (Å²) in [5.74, 6) is 0.984. The van der Waals surface area contributed by atoms with Gasteiger partial charge in [-0.1, -0.05) is 45.3 Å². The molecule has 1 aromatic rings. The van der Waals surface area contributed by atoms with E-state index in [9.17, 15) is 0 Å². The molecule has 0 aromatic heterocycles. The average molecular weight is 283 g/mol. The van der Waals surface area contributed by atoms with Crippen molar-refractivity contribution in [2.24, 2.45) is 0 Å². The van der Waals surface area contributed by atoms with Crippen molar-refractivity contribution in [2.75, 3.05) is 12.4 Å². The quantitative estimate of drug-likeness (QED) is 0.579. The molecule has 0 amide bonds. The molecule has 0 aliphatic rings. The third-order valence-corrected chi connectivity index (χ3v) is 2.96. The maximum Gasteiger partial charge on any atom is 0.122 e. The maximum atomic E-state index is 5.37. The standard InChI is InChI=1S/C14H19BrO/c1-11(5-4-8-15)9-13-10-12(2)6-7-14(13)16-3/h5-7,10H,4,8-9H2,1-3H3. The van der Waals surface area contributed by atoms with Gasteiger partial charge in [-0.15, -0.1) is 0 Å². The van der Waals surface area contributed by atoms with Crippen LogP contribution in [-0.2, 0) is 6.42 Å². The predicted molar refractivity (Wildman–Crippen MR) is 73.6 cm³/mol. The monoisotopic (exact) mass is 282 g/mol. The summed E-state index contributed by atoms with van der Waals surface area (Å²) in [6, 6.07) is 6.33. The summed E-state index contributed by atoms with van der Waals surface area (Å²) in [4.78, 5) is 0. The van der Waals surface area contributed by atoms with Crippen LogP contribution >= 0.6 is 15.9 Å². The van der Waals surface area contributed by atoms with E-state index < -0.39 is 0 Å². The molecule has 16 heavy (non-hydrogen) atoms. The Morgan fingerprint density at radius 2 is 2.19 bits per heavy atom. The van der Waals surface area contributed by atoms with Gasteiger partial charge in [0.25, 0.3) is 0 Å². The van der Waals surface area contributed by atoms with E-state index in [1.165, 1.54) is 16.7 Å². The molecule has 0 bridgehead atoms. The lowest BCUT2D eigenvalue weighted by atomic mass is 10.0. The van der Waals surface area contributed by atoms with Crippen LogP contribution in [0.1, 0.15) is 24.5 Å². The zero-order chi connectivity index (χ0) is 12.0. The highest BCUT2D eigenvalue weighted by Crippen LogP contribution is 2.22. The molecule has 0 unspecified atom stereocenters. The second-order valence-corrected chi connectivity index (χ2v) is 4.81. The Bertz CT molecular complexity index is 369. The lowest BCUT2D eigenvalue weighted by Crippen LogP contribution is -1.94. The maximum absolute atomic E-state index is 5.37. The molecule has 0 saturated heterocycles. The third kappa shape index (κ3) is 4.01. The smallest absolute Gasteiger partial charge is 0.122 e. The summed E-state index contributed by atoms with van der Waals surface area (Å²) in [7, 11) is 1.73. The highest BCUT2D eigenvalue weighted by molar-refractivity contribution is 9.09. The number of rotatable bonds is 5. The lowest BCUT2D eigenvalue weighted by molar-refractivity contribution is 0.410. The zero-order valence-electron chi connectivity index (χ0n) is 10.2. The number of methoxy groups -OCH3 is 1. The molecule has 0 atom stereocenters. The Hall–Kier alpha value is -0.760. The number of ether oxygens (including phenoxy) is 1. The SMILES string of the molecule is COc1ccc(C)cc1CC(C)=CCCBr. The Morgan fingerprint density at radius 1 is 1.44 bits per heavy atom. The first-order chi connectivity index (χ1) is 7.67. The van der Waals surface area contributed by atoms with Crippen LogP contribution in [0.15, 0.2) is 29.8 Å². The number of halogens is 1. The minimum absolute atomic E-state index is 0.970.